The standard InChI is InChI=1S/C8H6BrFN2/c1-4-2-3-5(10)7-6(4)8(9)12-11-7/h2-3H,1H3,(H,11,12). The summed E-state index contributed by atoms with van der Waals surface area (Å²) in [7, 11) is 0. The van der Waals surface area contributed by atoms with Crippen LogP contribution in [0, 0.1) is 12.7 Å². The molecule has 62 valence electrons. The molecule has 1 aromatic carbocycles. The lowest BCUT2D eigenvalue weighted by Gasteiger charge is -1.95. The van der Waals surface area contributed by atoms with E-state index >= 15 is 0 Å². The van der Waals surface area contributed by atoms with Gasteiger partial charge in [0.25, 0.3) is 0 Å². The summed E-state index contributed by atoms with van der Waals surface area (Å²) < 4.78 is 13.8. The summed E-state index contributed by atoms with van der Waals surface area (Å²) in [4.78, 5) is 0. The Bertz CT molecular complexity index is 436. The predicted molar refractivity (Wildman–Crippen MR) is 48.5 cm³/mol. The molecule has 0 amide bonds. The zero-order valence-corrected chi connectivity index (χ0v) is 7.94. The second-order valence-electron chi connectivity index (χ2n) is 2.63. The summed E-state index contributed by atoms with van der Waals surface area (Å²) in [6, 6.07) is 3.16. The first kappa shape index (κ1) is 7.73. The van der Waals surface area contributed by atoms with Crippen LogP contribution in [0.15, 0.2) is 16.7 Å². The van der Waals surface area contributed by atoms with E-state index in [4.69, 9.17) is 0 Å². The van der Waals surface area contributed by atoms with Crippen molar-refractivity contribution in [1.29, 1.82) is 0 Å². The number of hydrogen-bond donors (Lipinski definition) is 1. The van der Waals surface area contributed by atoms with Crippen molar-refractivity contribution >= 4 is 26.8 Å². The maximum absolute atomic E-state index is 13.1. The van der Waals surface area contributed by atoms with Crippen molar-refractivity contribution < 1.29 is 4.39 Å². The number of halogens is 2. The molecule has 0 saturated carbocycles. The van der Waals surface area contributed by atoms with Gasteiger partial charge in [0.2, 0.25) is 0 Å². The van der Waals surface area contributed by atoms with Gasteiger partial charge < -0.3 is 0 Å². The molecule has 0 saturated heterocycles. The Kier molecular flexibility index (Phi) is 1.65. The first-order chi connectivity index (χ1) is 5.70. The number of aromatic nitrogens is 2. The number of benzene rings is 1. The predicted octanol–water partition coefficient (Wildman–Crippen LogP) is 2.77. The Morgan fingerprint density at radius 1 is 1.50 bits per heavy atom. The summed E-state index contributed by atoms with van der Waals surface area (Å²) in [6.45, 7) is 1.92. The fourth-order valence-corrected chi connectivity index (χ4v) is 1.80. The Morgan fingerprint density at radius 3 is 2.92 bits per heavy atom. The molecule has 2 rings (SSSR count). The largest absolute Gasteiger partial charge is 0.270 e. The molecule has 4 heteroatoms. The van der Waals surface area contributed by atoms with Crippen molar-refractivity contribution in [2.24, 2.45) is 0 Å². The van der Waals surface area contributed by atoms with E-state index in [9.17, 15) is 4.39 Å². The summed E-state index contributed by atoms with van der Waals surface area (Å²) in [5, 5.41) is 7.33. The number of hydrogen-bond acceptors (Lipinski definition) is 1. The summed E-state index contributed by atoms with van der Waals surface area (Å²) in [5.74, 6) is -0.294. The highest BCUT2D eigenvalue weighted by atomic mass is 79.9. The van der Waals surface area contributed by atoms with E-state index in [-0.39, 0.29) is 5.82 Å². The maximum atomic E-state index is 13.1. The minimum atomic E-state index is -0.294. The van der Waals surface area contributed by atoms with Gasteiger partial charge in [0.05, 0.1) is 0 Å². The lowest BCUT2D eigenvalue weighted by Crippen LogP contribution is -1.80. The molecule has 2 nitrogen and oxygen atoms in total. The van der Waals surface area contributed by atoms with E-state index in [0.29, 0.717) is 5.52 Å². The molecular formula is C8H6BrFN2. The summed E-state index contributed by atoms with van der Waals surface area (Å²) in [5.41, 5.74) is 1.40. The normalized spacial score (nSPS) is 10.9. The lowest BCUT2D eigenvalue weighted by atomic mass is 10.1. The number of aromatic amines is 1. The highest BCUT2D eigenvalue weighted by molar-refractivity contribution is 9.10. The zero-order chi connectivity index (χ0) is 8.72. The van der Waals surface area contributed by atoms with Gasteiger partial charge in [-0.05, 0) is 34.5 Å². The molecule has 1 heterocycles. The molecule has 0 aliphatic heterocycles. The van der Waals surface area contributed by atoms with Gasteiger partial charge in [-0.25, -0.2) is 4.39 Å². The molecule has 0 aliphatic carbocycles. The molecule has 1 N–H and O–H groups in total. The molecule has 0 fully saturated rings. The summed E-state index contributed by atoms with van der Waals surface area (Å²) in [6.07, 6.45) is 0. The Hall–Kier alpha value is -0.900. The van der Waals surface area contributed by atoms with Crippen LogP contribution in [0.2, 0.25) is 0 Å². The third-order valence-corrected chi connectivity index (χ3v) is 2.40. The quantitative estimate of drug-likeness (QED) is 0.739. The average molecular weight is 229 g/mol. The SMILES string of the molecule is Cc1ccc(F)c2n[nH]c(Br)c12. The van der Waals surface area contributed by atoms with Crippen LogP contribution < -0.4 is 0 Å². The molecule has 2 aromatic rings. The first-order valence-corrected chi connectivity index (χ1v) is 4.28. The molecule has 0 bridgehead atoms. The number of nitrogens with zero attached hydrogens (tertiary/aromatic N) is 1. The van der Waals surface area contributed by atoms with E-state index in [2.05, 4.69) is 26.1 Å². The van der Waals surface area contributed by atoms with Gasteiger partial charge in [-0.15, -0.1) is 0 Å². The number of H-pyrrole nitrogens is 1. The van der Waals surface area contributed by atoms with Gasteiger partial charge in [-0.3, -0.25) is 5.10 Å². The number of fused-ring (bicyclic) bond motifs is 1. The van der Waals surface area contributed by atoms with Crippen molar-refractivity contribution in [2.75, 3.05) is 0 Å². The van der Waals surface area contributed by atoms with Crippen LogP contribution in [0.5, 0.6) is 0 Å². The topological polar surface area (TPSA) is 28.7 Å². The number of rotatable bonds is 0. The number of aryl methyl sites for hydroxylation is 1. The minimum Gasteiger partial charge on any atom is -0.270 e. The molecule has 0 spiro atoms. The Morgan fingerprint density at radius 2 is 2.25 bits per heavy atom. The van der Waals surface area contributed by atoms with E-state index in [1.165, 1.54) is 6.07 Å². The summed E-state index contributed by atoms with van der Waals surface area (Å²) >= 11 is 3.27. The maximum Gasteiger partial charge on any atom is 0.151 e. The third kappa shape index (κ3) is 0.948. The second-order valence-corrected chi connectivity index (χ2v) is 3.42. The van der Waals surface area contributed by atoms with Crippen molar-refractivity contribution in [3.63, 3.8) is 0 Å². The van der Waals surface area contributed by atoms with Crippen LogP contribution in [0.25, 0.3) is 10.9 Å². The molecule has 0 atom stereocenters. The molecule has 0 unspecified atom stereocenters. The van der Waals surface area contributed by atoms with Crippen molar-refractivity contribution in [3.05, 3.63) is 28.1 Å². The van der Waals surface area contributed by atoms with Gasteiger partial charge in [-0.2, -0.15) is 5.10 Å². The molecule has 1 aromatic heterocycles. The fourth-order valence-electron chi connectivity index (χ4n) is 1.21. The van der Waals surface area contributed by atoms with Gasteiger partial charge in [0, 0.05) is 5.39 Å². The Balaban J connectivity index is 2.98. The van der Waals surface area contributed by atoms with E-state index in [1.54, 1.807) is 6.07 Å². The average Bonchev–Trinajstić information content (AvgIpc) is 2.42. The van der Waals surface area contributed by atoms with Gasteiger partial charge >= 0.3 is 0 Å². The van der Waals surface area contributed by atoms with Gasteiger partial charge in [0.1, 0.15) is 10.1 Å². The molecule has 0 radical (unpaired) electrons. The van der Waals surface area contributed by atoms with Crippen molar-refractivity contribution in [1.82, 2.24) is 10.2 Å². The minimum absolute atomic E-state index is 0.294. The first-order valence-electron chi connectivity index (χ1n) is 3.49. The van der Waals surface area contributed by atoms with Crippen molar-refractivity contribution in [2.45, 2.75) is 6.92 Å². The second kappa shape index (κ2) is 2.55. The highest BCUT2D eigenvalue weighted by Crippen LogP contribution is 2.25. The molecular weight excluding hydrogens is 223 g/mol. The van der Waals surface area contributed by atoms with E-state index in [1.807, 2.05) is 6.92 Å². The van der Waals surface area contributed by atoms with Crippen molar-refractivity contribution in [3.8, 4) is 0 Å². The van der Waals surface area contributed by atoms with Gasteiger partial charge in [0.15, 0.2) is 5.82 Å². The molecule has 12 heavy (non-hydrogen) atoms. The third-order valence-electron chi connectivity index (χ3n) is 1.82. The van der Waals surface area contributed by atoms with Gasteiger partial charge in [-0.1, -0.05) is 6.07 Å². The Labute approximate surface area is 76.9 Å². The van der Waals surface area contributed by atoms with Crippen LogP contribution in [-0.4, -0.2) is 10.2 Å². The monoisotopic (exact) mass is 228 g/mol. The zero-order valence-electron chi connectivity index (χ0n) is 6.36. The lowest BCUT2D eigenvalue weighted by molar-refractivity contribution is 0.636. The van der Waals surface area contributed by atoms with E-state index in [0.717, 1.165) is 15.6 Å². The van der Waals surface area contributed by atoms with Crippen LogP contribution >= 0.6 is 15.9 Å². The van der Waals surface area contributed by atoms with Crippen LogP contribution in [-0.2, 0) is 0 Å². The van der Waals surface area contributed by atoms with Crippen LogP contribution in [0.3, 0.4) is 0 Å². The number of nitrogens with one attached hydrogen (secondary N) is 1. The van der Waals surface area contributed by atoms with Crippen LogP contribution in [0.4, 0.5) is 4.39 Å². The highest BCUT2D eigenvalue weighted by Gasteiger charge is 2.09. The van der Waals surface area contributed by atoms with E-state index < -0.39 is 0 Å². The fraction of sp³-hybridized carbons (Fsp3) is 0.125. The smallest absolute Gasteiger partial charge is 0.151 e. The van der Waals surface area contributed by atoms with Crippen LogP contribution in [0.1, 0.15) is 5.56 Å². The molecule has 0 aliphatic rings.